The molecule has 0 aliphatic carbocycles. The van der Waals surface area contributed by atoms with Gasteiger partial charge in [-0.25, -0.2) is 0 Å². The van der Waals surface area contributed by atoms with Crippen LogP contribution in [-0.4, -0.2) is 25.5 Å². The SMILES string of the molecule is N#CC1CNC(=O)C12CCNC2. The van der Waals surface area contributed by atoms with Gasteiger partial charge in [-0.2, -0.15) is 5.26 Å². The molecule has 1 amide bonds. The third-order valence-corrected chi connectivity index (χ3v) is 2.93. The molecular formula is C8H11N3O. The summed E-state index contributed by atoms with van der Waals surface area (Å²) in [5.41, 5.74) is -0.408. The zero-order chi connectivity index (χ0) is 8.60. The molecule has 2 unspecified atom stereocenters. The second-order valence-electron chi connectivity index (χ2n) is 3.47. The van der Waals surface area contributed by atoms with Crippen molar-refractivity contribution in [3.05, 3.63) is 0 Å². The molecular weight excluding hydrogens is 154 g/mol. The van der Waals surface area contributed by atoms with Crippen molar-refractivity contribution in [1.29, 1.82) is 5.26 Å². The highest BCUT2D eigenvalue weighted by Gasteiger charge is 2.52. The van der Waals surface area contributed by atoms with Crippen LogP contribution in [0.3, 0.4) is 0 Å². The van der Waals surface area contributed by atoms with Crippen LogP contribution < -0.4 is 10.6 Å². The zero-order valence-corrected chi connectivity index (χ0v) is 6.76. The fourth-order valence-corrected chi connectivity index (χ4v) is 2.10. The second kappa shape index (κ2) is 2.46. The molecule has 2 fully saturated rings. The van der Waals surface area contributed by atoms with E-state index in [1.807, 2.05) is 0 Å². The summed E-state index contributed by atoms with van der Waals surface area (Å²) in [6.07, 6.45) is 0.803. The average molecular weight is 165 g/mol. The Kier molecular flexibility index (Phi) is 1.55. The minimum atomic E-state index is -0.408. The highest BCUT2D eigenvalue weighted by molar-refractivity contribution is 5.86. The summed E-state index contributed by atoms with van der Waals surface area (Å²) in [5, 5.41) is 14.7. The number of nitrogens with zero attached hydrogens (tertiary/aromatic N) is 1. The molecule has 0 aromatic carbocycles. The lowest BCUT2D eigenvalue weighted by Crippen LogP contribution is -2.36. The number of nitrogens with one attached hydrogen (secondary N) is 2. The van der Waals surface area contributed by atoms with Crippen molar-refractivity contribution in [3.63, 3.8) is 0 Å². The van der Waals surface area contributed by atoms with Gasteiger partial charge in [0, 0.05) is 13.1 Å². The number of hydrogen-bond donors (Lipinski definition) is 2. The van der Waals surface area contributed by atoms with Gasteiger partial charge in [0.1, 0.15) is 0 Å². The predicted octanol–water partition coefficient (Wildman–Crippen LogP) is -0.764. The summed E-state index contributed by atoms with van der Waals surface area (Å²) in [6.45, 7) is 2.04. The minimum absolute atomic E-state index is 0.0547. The average Bonchev–Trinajstić information content (AvgIpc) is 2.65. The first-order valence-corrected chi connectivity index (χ1v) is 4.18. The van der Waals surface area contributed by atoms with E-state index in [2.05, 4.69) is 16.7 Å². The Morgan fingerprint density at radius 1 is 1.67 bits per heavy atom. The monoisotopic (exact) mass is 165 g/mol. The summed E-state index contributed by atoms with van der Waals surface area (Å²) in [4.78, 5) is 11.5. The molecule has 64 valence electrons. The molecule has 2 atom stereocenters. The Bertz CT molecular complexity index is 250. The van der Waals surface area contributed by atoms with Crippen molar-refractivity contribution >= 4 is 5.91 Å². The van der Waals surface area contributed by atoms with E-state index in [1.54, 1.807) is 0 Å². The molecule has 0 saturated carbocycles. The maximum atomic E-state index is 11.5. The highest BCUT2D eigenvalue weighted by Crippen LogP contribution is 2.37. The first kappa shape index (κ1) is 7.56. The van der Waals surface area contributed by atoms with E-state index in [0.717, 1.165) is 13.0 Å². The van der Waals surface area contributed by atoms with Gasteiger partial charge >= 0.3 is 0 Å². The molecule has 4 heteroatoms. The third kappa shape index (κ3) is 0.772. The lowest BCUT2D eigenvalue weighted by atomic mass is 9.77. The molecule has 0 bridgehead atoms. The van der Waals surface area contributed by atoms with Gasteiger partial charge in [0.2, 0.25) is 5.91 Å². The van der Waals surface area contributed by atoms with E-state index >= 15 is 0 Å². The number of rotatable bonds is 0. The number of amides is 1. The van der Waals surface area contributed by atoms with Crippen LogP contribution in [0, 0.1) is 22.7 Å². The van der Waals surface area contributed by atoms with Crippen LogP contribution >= 0.6 is 0 Å². The molecule has 2 heterocycles. The van der Waals surface area contributed by atoms with Gasteiger partial charge in [-0.15, -0.1) is 0 Å². The van der Waals surface area contributed by atoms with Crippen molar-refractivity contribution in [2.24, 2.45) is 11.3 Å². The van der Waals surface area contributed by atoms with Crippen LogP contribution in [-0.2, 0) is 4.79 Å². The first-order valence-electron chi connectivity index (χ1n) is 4.18. The third-order valence-electron chi connectivity index (χ3n) is 2.93. The highest BCUT2D eigenvalue weighted by atomic mass is 16.2. The van der Waals surface area contributed by atoms with Gasteiger partial charge in [0.05, 0.1) is 17.4 Å². The van der Waals surface area contributed by atoms with Crippen LogP contribution in [0.15, 0.2) is 0 Å². The van der Waals surface area contributed by atoms with Crippen LogP contribution in [0.2, 0.25) is 0 Å². The van der Waals surface area contributed by atoms with Crippen molar-refractivity contribution in [3.8, 4) is 6.07 Å². The Balaban J connectivity index is 2.30. The van der Waals surface area contributed by atoms with Crippen LogP contribution in [0.25, 0.3) is 0 Å². The Morgan fingerprint density at radius 3 is 3.08 bits per heavy atom. The Morgan fingerprint density at radius 2 is 2.50 bits per heavy atom. The van der Waals surface area contributed by atoms with E-state index in [9.17, 15) is 4.79 Å². The Labute approximate surface area is 70.9 Å². The second-order valence-corrected chi connectivity index (χ2v) is 3.47. The summed E-state index contributed by atoms with van der Waals surface area (Å²) >= 11 is 0. The van der Waals surface area contributed by atoms with Gasteiger partial charge in [-0.3, -0.25) is 4.79 Å². The summed E-state index contributed by atoms with van der Waals surface area (Å²) in [6, 6.07) is 2.20. The van der Waals surface area contributed by atoms with E-state index in [4.69, 9.17) is 5.26 Å². The van der Waals surface area contributed by atoms with Gasteiger partial charge in [0.15, 0.2) is 0 Å². The predicted molar refractivity (Wildman–Crippen MR) is 42.0 cm³/mol. The molecule has 0 aromatic heterocycles. The van der Waals surface area contributed by atoms with Gasteiger partial charge in [0.25, 0.3) is 0 Å². The topological polar surface area (TPSA) is 64.9 Å². The summed E-state index contributed by atoms with van der Waals surface area (Å²) < 4.78 is 0. The van der Waals surface area contributed by atoms with Gasteiger partial charge in [-0.05, 0) is 13.0 Å². The van der Waals surface area contributed by atoms with Crippen LogP contribution in [0.1, 0.15) is 6.42 Å². The van der Waals surface area contributed by atoms with E-state index in [1.165, 1.54) is 0 Å². The quantitative estimate of drug-likeness (QED) is 0.495. The van der Waals surface area contributed by atoms with Crippen LogP contribution in [0.5, 0.6) is 0 Å². The van der Waals surface area contributed by atoms with E-state index in [0.29, 0.717) is 13.1 Å². The van der Waals surface area contributed by atoms with E-state index < -0.39 is 5.41 Å². The molecule has 12 heavy (non-hydrogen) atoms. The lowest BCUT2D eigenvalue weighted by Gasteiger charge is -2.20. The summed E-state index contributed by atoms with van der Waals surface area (Å²) in [7, 11) is 0. The van der Waals surface area contributed by atoms with E-state index in [-0.39, 0.29) is 11.8 Å². The summed E-state index contributed by atoms with van der Waals surface area (Å²) in [5.74, 6) is -0.0842. The molecule has 1 spiro atoms. The van der Waals surface area contributed by atoms with Crippen LogP contribution in [0.4, 0.5) is 0 Å². The molecule has 0 aromatic rings. The Hall–Kier alpha value is -1.08. The van der Waals surface area contributed by atoms with Crippen molar-refractivity contribution in [2.45, 2.75) is 6.42 Å². The zero-order valence-electron chi connectivity index (χ0n) is 6.76. The molecule has 2 aliphatic rings. The first-order chi connectivity index (χ1) is 5.79. The maximum absolute atomic E-state index is 11.5. The lowest BCUT2D eigenvalue weighted by molar-refractivity contribution is -0.127. The minimum Gasteiger partial charge on any atom is -0.354 e. The number of carbonyl (C=O) groups is 1. The van der Waals surface area contributed by atoms with Crippen molar-refractivity contribution < 1.29 is 4.79 Å². The van der Waals surface area contributed by atoms with Gasteiger partial charge < -0.3 is 10.6 Å². The normalized spacial score (nSPS) is 39.9. The maximum Gasteiger partial charge on any atom is 0.229 e. The van der Waals surface area contributed by atoms with Crippen molar-refractivity contribution in [2.75, 3.05) is 19.6 Å². The number of nitriles is 1. The molecule has 2 aliphatic heterocycles. The molecule has 4 nitrogen and oxygen atoms in total. The number of hydrogen-bond acceptors (Lipinski definition) is 3. The number of carbonyl (C=O) groups excluding carboxylic acids is 1. The molecule has 2 saturated heterocycles. The standard InChI is InChI=1S/C8H11N3O/c9-3-6-4-11-7(12)8(6)1-2-10-5-8/h6,10H,1-2,4-5H2,(H,11,12). The van der Waals surface area contributed by atoms with Crippen molar-refractivity contribution in [1.82, 2.24) is 10.6 Å². The fourth-order valence-electron chi connectivity index (χ4n) is 2.10. The smallest absolute Gasteiger partial charge is 0.229 e. The molecule has 2 rings (SSSR count). The molecule has 2 N–H and O–H groups in total. The largest absolute Gasteiger partial charge is 0.354 e. The fraction of sp³-hybridized carbons (Fsp3) is 0.750. The molecule has 0 radical (unpaired) electrons. The van der Waals surface area contributed by atoms with Gasteiger partial charge in [-0.1, -0.05) is 0 Å².